The standard InChI is InChI=1S/C25H31N5O3S/c1-5-30-23(22(17(3)4)27-24(32)18-10-8-7-9-11-18)28-29-25(30)34-16-21(31)26-19-12-14-20(15-13-19)33-6-2/h7-15,17,22H,5-6,16H2,1-4H3,(H,26,31)(H,27,32)/t22-/m0/s1. The van der Waals surface area contributed by atoms with Crippen LogP contribution in [0.3, 0.4) is 0 Å². The Bertz CT molecular complexity index is 1080. The zero-order valence-electron chi connectivity index (χ0n) is 19.9. The van der Waals surface area contributed by atoms with Crippen LogP contribution in [0.15, 0.2) is 59.8 Å². The minimum absolute atomic E-state index is 0.1000. The van der Waals surface area contributed by atoms with E-state index in [-0.39, 0.29) is 29.5 Å². The van der Waals surface area contributed by atoms with Crippen molar-refractivity contribution in [2.45, 2.75) is 45.4 Å². The maximum Gasteiger partial charge on any atom is 0.251 e. The Morgan fingerprint density at radius 1 is 1.03 bits per heavy atom. The Morgan fingerprint density at radius 2 is 1.74 bits per heavy atom. The van der Waals surface area contributed by atoms with Crippen molar-refractivity contribution in [2.24, 2.45) is 5.92 Å². The number of carbonyl (C=O) groups excluding carboxylic acids is 2. The van der Waals surface area contributed by atoms with Crippen LogP contribution in [-0.2, 0) is 11.3 Å². The number of ether oxygens (including phenoxy) is 1. The van der Waals surface area contributed by atoms with E-state index in [2.05, 4.69) is 20.8 Å². The minimum Gasteiger partial charge on any atom is -0.494 e. The highest BCUT2D eigenvalue weighted by molar-refractivity contribution is 7.99. The molecular formula is C25H31N5O3S. The van der Waals surface area contributed by atoms with E-state index in [1.165, 1.54) is 11.8 Å². The second-order valence-corrected chi connectivity index (χ2v) is 8.88. The van der Waals surface area contributed by atoms with Crippen molar-refractivity contribution >= 4 is 29.3 Å². The molecule has 1 heterocycles. The second-order valence-electron chi connectivity index (χ2n) is 7.94. The summed E-state index contributed by atoms with van der Waals surface area (Å²) in [5.41, 5.74) is 1.30. The third-order valence-corrected chi connectivity index (χ3v) is 6.08. The fourth-order valence-electron chi connectivity index (χ4n) is 3.41. The van der Waals surface area contributed by atoms with Gasteiger partial charge in [0.05, 0.1) is 18.4 Å². The molecule has 180 valence electrons. The minimum atomic E-state index is -0.313. The van der Waals surface area contributed by atoms with Crippen LogP contribution in [0.2, 0.25) is 0 Å². The molecule has 0 bridgehead atoms. The molecule has 2 amide bonds. The molecule has 34 heavy (non-hydrogen) atoms. The lowest BCUT2D eigenvalue weighted by Gasteiger charge is -2.22. The number of rotatable bonds is 11. The number of hydrogen-bond donors (Lipinski definition) is 2. The van der Waals surface area contributed by atoms with Crippen LogP contribution in [0.1, 0.15) is 49.9 Å². The summed E-state index contributed by atoms with van der Waals surface area (Å²) in [6.45, 7) is 9.19. The van der Waals surface area contributed by atoms with Crippen molar-refractivity contribution in [3.8, 4) is 5.75 Å². The van der Waals surface area contributed by atoms with Crippen LogP contribution in [-0.4, -0.2) is 38.9 Å². The maximum absolute atomic E-state index is 12.8. The molecule has 0 saturated heterocycles. The van der Waals surface area contributed by atoms with Gasteiger partial charge in [0, 0.05) is 17.8 Å². The molecule has 0 spiro atoms. The largest absolute Gasteiger partial charge is 0.494 e. The van der Waals surface area contributed by atoms with Gasteiger partial charge in [0.15, 0.2) is 11.0 Å². The smallest absolute Gasteiger partial charge is 0.251 e. The highest BCUT2D eigenvalue weighted by Crippen LogP contribution is 2.26. The topological polar surface area (TPSA) is 98.1 Å². The van der Waals surface area contributed by atoms with Crippen LogP contribution >= 0.6 is 11.8 Å². The lowest BCUT2D eigenvalue weighted by atomic mass is 10.0. The van der Waals surface area contributed by atoms with Gasteiger partial charge in [-0.1, -0.05) is 43.8 Å². The molecule has 0 aliphatic rings. The Kier molecular flexibility index (Phi) is 9.09. The fourth-order valence-corrected chi connectivity index (χ4v) is 4.22. The molecule has 8 nitrogen and oxygen atoms in total. The van der Waals surface area contributed by atoms with E-state index < -0.39 is 0 Å². The molecule has 0 aliphatic carbocycles. The first-order valence-corrected chi connectivity index (χ1v) is 12.4. The monoisotopic (exact) mass is 481 g/mol. The quantitative estimate of drug-likeness (QED) is 0.390. The molecule has 2 N–H and O–H groups in total. The Balaban J connectivity index is 1.66. The van der Waals surface area contributed by atoms with Gasteiger partial charge in [-0.2, -0.15) is 0 Å². The molecule has 9 heteroatoms. The predicted octanol–water partition coefficient (Wildman–Crippen LogP) is 4.55. The van der Waals surface area contributed by atoms with E-state index >= 15 is 0 Å². The van der Waals surface area contributed by atoms with Gasteiger partial charge in [-0.05, 0) is 56.2 Å². The molecule has 1 aromatic heterocycles. The van der Waals surface area contributed by atoms with Crippen molar-refractivity contribution in [2.75, 3.05) is 17.7 Å². The summed E-state index contributed by atoms with van der Waals surface area (Å²) < 4.78 is 7.37. The van der Waals surface area contributed by atoms with E-state index in [0.717, 1.165) is 5.75 Å². The zero-order valence-corrected chi connectivity index (χ0v) is 20.8. The Labute approximate surface area is 204 Å². The number of amides is 2. The van der Waals surface area contributed by atoms with Crippen LogP contribution in [0, 0.1) is 5.92 Å². The number of anilines is 1. The summed E-state index contributed by atoms with van der Waals surface area (Å²) in [5.74, 6) is 1.43. The van der Waals surface area contributed by atoms with Crippen molar-refractivity contribution in [1.82, 2.24) is 20.1 Å². The van der Waals surface area contributed by atoms with Gasteiger partial charge in [0.25, 0.3) is 5.91 Å². The van der Waals surface area contributed by atoms with Crippen molar-refractivity contribution < 1.29 is 14.3 Å². The molecule has 0 fully saturated rings. The molecule has 1 atom stereocenters. The first kappa shape index (κ1) is 25.3. The predicted molar refractivity (Wildman–Crippen MR) is 134 cm³/mol. The number of carbonyl (C=O) groups is 2. The lowest BCUT2D eigenvalue weighted by Crippen LogP contribution is -2.33. The summed E-state index contributed by atoms with van der Waals surface area (Å²) in [6, 6.07) is 16.0. The average molecular weight is 482 g/mol. The second kappa shape index (κ2) is 12.2. The van der Waals surface area contributed by atoms with Gasteiger partial charge in [-0.25, -0.2) is 0 Å². The van der Waals surface area contributed by atoms with Gasteiger partial charge in [0.1, 0.15) is 5.75 Å². The number of aromatic nitrogens is 3. The van der Waals surface area contributed by atoms with Crippen molar-refractivity contribution in [3.05, 3.63) is 66.0 Å². The first-order chi connectivity index (χ1) is 16.4. The first-order valence-electron chi connectivity index (χ1n) is 11.4. The van der Waals surface area contributed by atoms with E-state index in [1.54, 1.807) is 12.1 Å². The third-order valence-electron chi connectivity index (χ3n) is 5.11. The summed E-state index contributed by atoms with van der Waals surface area (Å²) in [5, 5.41) is 15.3. The molecule has 0 aliphatic heterocycles. The van der Waals surface area contributed by atoms with Gasteiger partial charge in [0.2, 0.25) is 5.91 Å². The molecule has 0 unspecified atom stereocenters. The zero-order chi connectivity index (χ0) is 24.5. The van der Waals surface area contributed by atoms with Gasteiger partial charge in [-0.3, -0.25) is 9.59 Å². The van der Waals surface area contributed by atoms with Crippen LogP contribution < -0.4 is 15.4 Å². The van der Waals surface area contributed by atoms with Crippen LogP contribution in [0.25, 0.3) is 0 Å². The molecular weight excluding hydrogens is 450 g/mol. The van der Waals surface area contributed by atoms with E-state index in [9.17, 15) is 9.59 Å². The summed E-state index contributed by atoms with van der Waals surface area (Å²) in [4.78, 5) is 25.2. The van der Waals surface area contributed by atoms with Crippen LogP contribution in [0.5, 0.6) is 5.75 Å². The molecule has 3 rings (SSSR count). The van der Waals surface area contributed by atoms with Crippen molar-refractivity contribution in [3.63, 3.8) is 0 Å². The highest BCUT2D eigenvalue weighted by atomic mass is 32.2. The normalized spacial score (nSPS) is 11.8. The molecule has 0 radical (unpaired) electrons. The summed E-state index contributed by atoms with van der Waals surface area (Å²) in [6.07, 6.45) is 0. The summed E-state index contributed by atoms with van der Waals surface area (Å²) in [7, 11) is 0. The van der Waals surface area contributed by atoms with Gasteiger partial charge in [-0.15, -0.1) is 10.2 Å². The Morgan fingerprint density at radius 3 is 2.35 bits per heavy atom. The highest BCUT2D eigenvalue weighted by Gasteiger charge is 2.26. The van der Waals surface area contributed by atoms with Crippen LogP contribution in [0.4, 0.5) is 5.69 Å². The third kappa shape index (κ3) is 6.60. The van der Waals surface area contributed by atoms with Crippen molar-refractivity contribution in [1.29, 1.82) is 0 Å². The number of nitrogens with one attached hydrogen (secondary N) is 2. The molecule has 2 aromatic carbocycles. The number of nitrogens with zero attached hydrogens (tertiary/aromatic N) is 3. The van der Waals surface area contributed by atoms with E-state index in [4.69, 9.17) is 4.74 Å². The average Bonchev–Trinajstić information content (AvgIpc) is 3.25. The number of hydrogen-bond acceptors (Lipinski definition) is 6. The summed E-state index contributed by atoms with van der Waals surface area (Å²) >= 11 is 1.32. The number of benzene rings is 2. The van der Waals surface area contributed by atoms with E-state index in [0.29, 0.717) is 35.4 Å². The Hall–Kier alpha value is -3.33. The number of thioether (sulfide) groups is 1. The maximum atomic E-state index is 12.8. The fraction of sp³-hybridized carbons (Fsp3) is 0.360. The molecule has 3 aromatic rings. The lowest BCUT2D eigenvalue weighted by molar-refractivity contribution is -0.113. The van der Waals surface area contributed by atoms with Gasteiger partial charge >= 0.3 is 0 Å². The van der Waals surface area contributed by atoms with E-state index in [1.807, 2.05) is 74.7 Å². The van der Waals surface area contributed by atoms with Gasteiger partial charge < -0.3 is 19.9 Å². The SMILES string of the molecule is CCOc1ccc(NC(=O)CSc2nnc([C@@H](NC(=O)c3ccccc3)C(C)C)n2CC)cc1. The molecule has 0 saturated carbocycles.